The van der Waals surface area contributed by atoms with Crippen LogP contribution in [0.5, 0.6) is 0 Å². The maximum atomic E-state index is 12.5. The molecule has 1 aliphatic rings. The average Bonchev–Trinajstić information content (AvgIpc) is 3.48. The van der Waals surface area contributed by atoms with Crippen LogP contribution in [0.25, 0.3) is 17.2 Å². The summed E-state index contributed by atoms with van der Waals surface area (Å²) in [6.45, 7) is 2.42. The van der Waals surface area contributed by atoms with E-state index in [0.717, 1.165) is 5.56 Å². The van der Waals surface area contributed by atoms with Crippen molar-refractivity contribution in [2.75, 3.05) is 18.9 Å². The first-order valence-corrected chi connectivity index (χ1v) is 10.4. The van der Waals surface area contributed by atoms with E-state index in [1.165, 1.54) is 4.90 Å². The van der Waals surface area contributed by atoms with Crippen LogP contribution >= 0.6 is 0 Å². The number of rotatable bonds is 5. The average molecular weight is 445 g/mol. The van der Waals surface area contributed by atoms with Gasteiger partial charge in [0.2, 0.25) is 5.95 Å². The number of nitrogens with one attached hydrogen (secondary N) is 1. The van der Waals surface area contributed by atoms with E-state index in [9.17, 15) is 9.90 Å². The first-order chi connectivity index (χ1) is 15.8. The van der Waals surface area contributed by atoms with Crippen LogP contribution in [0.4, 0.5) is 11.8 Å². The predicted octanol–water partition coefficient (Wildman–Crippen LogP) is 1.56. The Bertz CT molecular complexity index is 1350. The molecule has 5 heterocycles. The number of hydrogen-bond donors (Lipinski definition) is 2. The Labute approximate surface area is 189 Å². The predicted molar refractivity (Wildman–Crippen MR) is 120 cm³/mol. The highest BCUT2D eigenvalue weighted by Gasteiger charge is 2.45. The first kappa shape index (κ1) is 20.8. The lowest BCUT2D eigenvalue weighted by molar-refractivity contribution is -0.143. The SMILES string of the molecule is Cc1cn(-c2ccnc(Nc3ccn(C)n3)n2)nc1-c1cc([C@@]2(O)CCN(C)C2=O)ccn1. The van der Waals surface area contributed by atoms with Gasteiger partial charge in [-0.25, -0.2) is 9.67 Å². The molecule has 0 saturated carbocycles. The van der Waals surface area contributed by atoms with Gasteiger partial charge in [0.15, 0.2) is 17.2 Å². The highest BCUT2D eigenvalue weighted by molar-refractivity contribution is 5.88. The van der Waals surface area contributed by atoms with Crippen LogP contribution in [-0.2, 0) is 17.4 Å². The van der Waals surface area contributed by atoms with Gasteiger partial charge in [-0.3, -0.25) is 14.5 Å². The Hall–Kier alpha value is -4.12. The Morgan fingerprint density at radius 2 is 1.94 bits per heavy atom. The molecule has 33 heavy (non-hydrogen) atoms. The van der Waals surface area contributed by atoms with Crippen LogP contribution in [0.15, 0.2) is 49.1 Å². The van der Waals surface area contributed by atoms with E-state index >= 15 is 0 Å². The van der Waals surface area contributed by atoms with Gasteiger partial charge in [0.25, 0.3) is 5.91 Å². The topological polar surface area (TPSA) is 127 Å². The van der Waals surface area contributed by atoms with Gasteiger partial charge in [0.1, 0.15) is 5.69 Å². The number of likely N-dealkylation sites (tertiary alicyclic amines) is 1. The monoisotopic (exact) mass is 445 g/mol. The zero-order valence-electron chi connectivity index (χ0n) is 18.5. The van der Waals surface area contributed by atoms with Gasteiger partial charge in [-0.15, -0.1) is 0 Å². The third-order valence-corrected chi connectivity index (χ3v) is 5.72. The summed E-state index contributed by atoms with van der Waals surface area (Å²) in [4.78, 5) is 27.2. The van der Waals surface area contributed by atoms with Crippen molar-refractivity contribution in [2.45, 2.75) is 18.9 Å². The number of amides is 1. The molecule has 1 saturated heterocycles. The fourth-order valence-corrected chi connectivity index (χ4v) is 3.90. The van der Waals surface area contributed by atoms with E-state index in [2.05, 4.69) is 30.5 Å². The number of hydrogen-bond acceptors (Lipinski definition) is 8. The zero-order chi connectivity index (χ0) is 23.2. The number of aliphatic hydroxyl groups is 1. The van der Waals surface area contributed by atoms with Gasteiger partial charge in [-0.05, 0) is 30.2 Å². The maximum Gasteiger partial charge on any atom is 0.258 e. The summed E-state index contributed by atoms with van der Waals surface area (Å²) in [6.07, 6.45) is 7.24. The van der Waals surface area contributed by atoms with Crippen molar-refractivity contribution >= 4 is 17.7 Å². The summed E-state index contributed by atoms with van der Waals surface area (Å²) in [6, 6.07) is 6.97. The first-order valence-electron chi connectivity index (χ1n) is 10.4. The summed E-state index contributed by atoms with van der Waals surface area (Å²) in [5.74, 6) is 1.29. The molecule has 1 fully saturated rings. The molecule has 1 atom stereocenters. The molecule has 11 nitrogen and oxygen atoms in total. The fraction of sp³-hybridized carbons (Fsp3) is 0.273. The molecule has 0 spiro atoms. The Morgan fingerprint density at radius 1 is 1.12 bits per heavy atom. The number of carbonyl (C=O) groups is 1. The van der Waals surface area contributed by atoms with E-state index in [0.29, 0.717) is 47.5 Å². The lowest BCUT2D eigenvalue weighted by Crippen LogP contribution is -2.36. The number of aromatic nitrogens is 7. The molecule has 0 unspecified atom stereocenters. The van der Waals surface area contributed by atoms with Crippen molar-refractivity contribution in [2.24, 2.45) is 7.05 Å². The van der Waals surface area contributed by atoms with E-state index < -0.39 is 5.60 Å². The molecule has 0 aromatic carbocycles. The lowest BCUT2D eigenvalue weighted by Gasteiger charge is -2.21. The minimum absolute atomic E-state index is 0.309. The number of carbonyl (C=O) groups excluding carboxylic acids is 1. The minimum atomic E-state index is -1.54. The molecule has 11 heteroatoms. The second-order valence-electron chi connectivity index (χ2n) is 8.11. The summed E-state index contributed by atoms with van der Waals surface area (Å²) < 4.78 is 3.33. The fourth-order valence-electron chi connectivity index (χ4n) is 3.90. The van der Waals surface area contributed by atoms with Gasteiger partial charge in [-0.2, -0.15) is 15.2 Å². The Kier molecular flexibility index (Phi) is 4.90. The number of pyridine rings is 1. The number of aryl methyl sites for hydroxylation is 2. The van der Waals surface area contributed by atoms with Gasteiger partial charge in [0, 0.05) is 64.0 Å². The molecule has 1 amide bonds. The van der Waals surface area contributed by atoms with Crippen molar-refractivity contribution < 1.29 is 9.90 Å². The maximum absolute atomic E-state index is 12.5. The smallest absolute Gasteiger partial charge is 0.258 e. The minimum Gasteiger partial charge on any atom is -0.375 e. The summed E-state index contributed by atoms with van der Waals surface area (Å²) in [5.41, 5.74) is 1.05. The third-order valence-electron chi connectivity index (χ3n) is 5.72. The van der Waals surface area contributed by atoms with Gasteiger partial charge in [0.05, 0.1) is 5.69 Å². The normalized spacial score (nSPS) is 18.2. The molecular formula is C22H23N9O2. The van der Waals surface area contributed by atoms with Crippen LogP contribution in [-0.4, -0.2) is 64.0 Å². The molecule has 5 rings (SSSR count). The van der Waals surface area contributed by atoms with Gasteiger partial charge < -0.3 is 15.3 Å². The zero-order valence-corrected chi connectivity index (χ0v) is 18.5. The summed E-state index contributed by atoms with van der Waals surface area (Å²) in [5, 5.41) is 23.0. The van der Waals surface area contributed by atoms with Crippen LogP contribution < -0.4 is 5.32 Å². The number of nitrogens with zero attached hydrogens (tertiary/aromatic N) is 8. The lowest BCUT2D eigenvalue weighted by atomic mass is 9.92. The highest BCUT2D eigenvalue weighted by Crippen LogP contribution is 2.34. The van der Waals surface area contributed by atoms with E-state index in [4.69, 9.17) is 0 Å². The quantitative estimate of drug-likeness (QED) is 0.474. The Balaban J connectivity index is 1.45. The van der Waals surface area contributed by atoms with Gasteiger partial charge in [-0.1, -0.05) is 0 Å². The molecule has 4 aromatic rings. The number of anilines is 2. The molecular weight excluding hydrogens is 422 g/mol. The molecule has 2 N–H and O–H groups in total. The second kappa shape index (κ2) is 7.78. The van der Waals surface area contributed by atoms with Crippen LogP contribution in [0.1, 0.15) is 17.5 Å². The highest BCUT2D eigenvalue weighted by atomic mass is 16.3. The van der Waals surface area contributed by atoms with Crippen LogP contribution in [0.2, 0.25) is 0 Å². The molecule has 1 aliphatic heterocycles. The summed E-state index contributed by atoms with van der Waals surface area (Å²) in [7, 11) is 3.52. The molecule has 0 radical (unpaired) electrons. The van der Waals surface area contributed by atoms with E-state index in [-0.39, 0.29) is 5.91 Å². The van der Waals surface area contributed by atoms with Crippen molar-refractivity contribution in [3.63, 3.8) is 0 Å². The van der Waals surface area contributed by atoms with Crippen LogP contribution in [0.3, 0.4) is 0 Å². The largest absolute Gasteiger partial charge is 0.375 e. The molecule has 0 aliphatic carbocycles. The van der Waals surface area contributed by atoms with E-state index in [1.54, 1.807) is 47.0 Å². The number of likely N-dealkylation sites (N-methyl/N-ethyl adjacent to an activating group) is 1. The molecule has 4 aromatic heterocycles. The van der Waals surface area contributed by atoms with Crippen LogP contribution in [0, 0.1) is 6.92 Å². The summed E-state index contributed by atoms with van der Waals surface area (Å²) >= 11 is 0. The van der Waals surface area contributed by atoms with E-state index in [1.807, 2.05) is 32.4 Å². The van der Waals surface area contributed by atoms with Crippen molar-refractivity contribution in [1.29, 1.82) is 0 Å². The Morgan fingerprint density at radius 3 is 2.67 bits per heavy atom. The molecule has 168 valence electrons. The standard InChI is InChI=1S/C22H23N9O2/c1-14-13-31(18-5-9-24-21(26-18)25-17-6-10-30(3)27-17)28-19(14)16-12-15(4-8-23-16)22(33)7-11-29(2)20(22)32/h4-6,8-10,12-13,33H,7,11H2,1-3H3,(H,24,25,26,27)/t22-/m0/s1. The van der Waals surface area contributed by atoms with Crippen molar-refractivity contribution in [3.8, 4) is 17.2 Å². The van der Waals surface area contributed by atoms with Crippen molar-refractivity contribution in [1.82, 2.24) is 39.4 Å². The second-order valence-corrected chi connectivity index (χ2v) is 8.11. The van der Waals surface area contributed by atoms with Crippen molar-refractivity contribution in [3.05, 3.63) is 60.2 Å². The van der Waals surface area contributed by atoms with Gasteiger partial charge >= 0.3 is 0 Å². The third kappa shape index (κ3) is 3.72. The molecule has 0 bridgehead atoms.